The van der Waals surface area contributed by atoms with Crippen molar-refractivity contribution in [2.45, 2.75) is 18.9 Å². The maximum Gasteiger partial charge on any atom is 0.326 e. The van der Waals surface area contributed by atoms with Gasteiger partial charge in [-0.15, -0.1) is 11.3 Å². The van der Waals surface area contributed by atoms with Crippen molar-refractivity contribution in [2.24, 2.45) is 0 Å². The van der Waals surface area contributed by atoms with Crippen LogP contribution in [-0.4, -0.2) is 28.0 Å². The smallest absolute Gasteiger partial charge is 0.326 e. The fraction of sp³-hybridized carbons (Fsp3) is 0.150. The highest BCUT2D eigenvalue weighted by Crippen LogP contribution is 2.24. The van der Waals surface area contributed by atoms with Crippen molar-refractivity contribution in [3.8, 4) is 10.6 Å². The topological polar surface area (TPSA) is 79.3 Å². The number of benzene rings is 2. The highest BCUT2D eigenvalue weighted by atomic mass is 32.1. The summed E-state index contributed by atoms with van der Waals surface area (Å²) in [6.45, 7) is 0. The first kappa shape index (κ1) is 18.7. The van der Waals surface area contributed by atoms with Gasteiger partial charge in [-0.1, -0.05) is 30.3 Å². The van der Waals surface area contributed by atoms with E-state index < -0.39 is 17.9 Å². The summed E-state index contributed by atoms with van der Waals surface area (Å²) in [6, 6.07) is 14.1. The summed E-state index contributed by atoms with van der Waals surface area (Å²) in [5, 5.41) is 14.3. The number of hydrogen-bond acceptors (Lipinski definition) is 4. The van der Waals surface area contributed by atoms with Crippen molar-refractivity contribution in [1.29, 1.82) is 0 Å². The normalized spacial score (nSPS) is 11.7. The molecule has 1 atom stereocenters. The Labute approximate surface area is 159 Å². The maximum atomic E-state index is 13.0. The third-order valence-corrected chi connectivity index (χ3v) is 4.84. The molecule has 7 heteroatoms. The molecule has 0 unspecified atom stereocenters. The number of halogens is 1. The molecule has 0 saturated carbocycles. The van der Waals surface area contributed by atoms with Crippen LogP contribution in [0.3, 0.4) is 0 Å². The van der Waals surface area contributed by atoms with E-state index in [0.717, 1.165) is 11.1 Å². The third-order valence-electron chi connectivity index (χ3n) is 3.90. The zero-order chi connectivity index (χ0) is 19.2. The Morgan fingerprint density at radius 3 is 2.48 bits per heavy atom. The van der Waals surface area contributed by atoms with Gasteiger partial charge in [-0.05, 0) is 29.8 Å². The number of rotatable bonds is 7. The molecule has 0 saturated heterocycles. The van der Waals surface area contributed by atoms with Crippen molar-refractivity contribution in [3.05, 3.63) is 77.1 Å². The van der Waals surface area contributed by atoms with Crippen molar-refractivity contribution in [3.63, 3.8) is 0 Å². The van der Waals surface area contributed by atoms with E-state index >= 15 is 0 Å². The summed E-state index contributed by atoms with van der Waals surface area (Å²) in [5.41, 5.74) is 2.14. The molecule has 1 heterocycles. The van der Waals surface area contributed by atoms with Crippen LogP contribution < -0.4 is 5.32 Å². The quantitative estimate of drug-likeness (QED) is 0.655. The lowest BCUT2D eigenvalue weighted by Crippen LogP contribution is -2.43. The summed E-state index contributed by atoms with van der Waals surface area (Å²) in [5.74, 6) is -1.82. The average molecular weight is 384 g/mol. The lowest BCUT2D eigenvalue weighted by atomic mass is 10.1. The summed E-state index contributed by atoms with van der Waals surface area (Å²) in [7, 11) is 0. The second kappa shape index (κ2) is 8.55. The number of carboxylic acids is 1. The first-order chi connectivity index (χ1) is 13.0. The van der Waals surface area contributed by atoms with Crippen LogP contribution >= 0.6 is 11.3 Å². The fourth-order valence-electron chi connectivity index (χ4n) is 2.57. The molecule has 0 spiro atoms. The van der Waals surface area contributed by atoms with Gasteiger partial charge in [0.05, 0.1) is 12.1 Å². The number of carbonyl (C=O) groups excluding carboxylic acids is 1. The van der Waals surface area contributed by atoms with E-state index in [9.17, 15) is 19.1 Å². The predicted molar refractivity (Wildman–Crippen MR) is 101 cm³/mol. The van der Waals surface area contributed by atoms with Crippen LogP contribution in [0.1, 0.15) is 11.3 Å². The minimum Gasteiger partial charge on any atom is -0.480 e. The summed E-state index contributed by atoms with van der Waals surface area (Å²) in [4.78, 5) is 28.1. The molecule has 3 aromatic rings. The van der Waals surface area contributed by atoms with Gasteiger partial charge in [0.1, 0.15) is 16.9 Å². The number of nitrogens with zero attached hydrogens (tertiary/aromatic N) is 1. The Morgan fingerprint density at radius 1 is 1.11 bits per heavy atom. The van der Waals surface area contributed by atoms with E-state index in [4.69, 9.17) is 0 Å². The number of hydrogen-bond donors (Lipinski definition) is 2. The molecule has 5 nitrogen and oxygen atoms in total. The Kier molecular flexibility index (Phi) is 5.93. The molecule has 2 N–H and O–H groups in total. The Morgan fingerprint density at radius 2 is 1.81 bits per heavy atom. The Balaban J connectivity index is 1.62. The van der Waals surface area contributed by atoms with E-state index in [1.807, 2.05) is 30.3 Å². The molecule has 0 radical (unpaired) electrons. The van der Waals surface area contributed by atoms with Gasteiger partial charge in [0.2, 0.25) is 5.91 Å². The van der Waals surface area contributed by atoms with Crippen LogP contribution in [0.15, 0.2) is 60.0 Å². The lowest BCUT2D eigenvalue weighted by molar-refractivity contribution is -0.141. The van der Waals surface area contributed by atoms with E-state index in [-0.39, 0.29) is 18.7 Å². The molecular formula is C20H17FN2O3S. The molecule has 3 rings (SSSR count). The molecule has 1 amide bonds. The van der Waals surface area contributed by atoms with Gasteiger partial charge in [0.25, 0.3) is 0 Å². The zero-order valence-electron chi connectivity index (χ0n) is 14.3. The minimum absolute atomic E-state index is 0.0176. The van der Waals surface area contributed by atoms with Gasteiger partial charge in [0, 0.05) is 17.4 Å². The molecule has 0 fully saturated rings. The van der Waals surface area contributed by atoms with Crippen LogP contribution in [0.25, 0.3) is 10.6 Å². The number of aromatic nitrogens is 1. The summed E-state index contributed by atoms with van der Waals surface area (Å²) in [6.07, 6.45) is 0.191. The maximum absolute atomic E-state index is 13.0. The highest BCUT2D eigenvalue weighted by Gasteiger charge is 2.21. The predicted octanol–water partition coefficient (Wildman–Crippen LogP) is 3.30. The fourth-order valence-corrected chi connectivity index (χ4v) is 3.40. The van der Waals surface area contributed by atoms with E-state index in [1.54, 1.807) is 17.5 Å². The van der Waals surface area contributed by atoms with Crippen molar-refractivity contribution in [2.75, 3.05) is 0 Å². The first-order valence-electron chi connectivity index (χ1n) is 8.27. The van der Waals surface area contributed by atoms with Gasteiger partial charge in [-0.3, -0.25) is 4.79 Å². The minimum atomic E-state index is -1.09. The number of nitrogens with one attached hydrogen (secondary N) is 1. The molecule has 0 aliphatic heterocycles. The van der Waals surface area contributed by atoms with Gasteiger partial charge in [-0.25, -0.2) is 14.2 Å². The summed E-state index contributed by atoms with van der Waals surface area (Å²) < 4.78 is 13.0. The number of carboxylic acid groups (broad SMARTS) is 1. The SMILES string of the molecule is O=C(Cc1csc(-c2ccc(F)cc2)n1)N[C@@H](Cc1ccccc1)C(=O)O. The van der Waals surface area contributed by atoms with E-state index in [1.165, 1.54) is 23.5 Å². The van der Waals surface area contributed by atoms with E-state index in [0.29, 0.717) is 10.7 Å². The van der Waals surface area contributed by atoms with Gasteiger partial charge in [-0.2, -0.15) is 0 Å². The van der Waals surface area contributed by atoms with Crippen LogP contribution in [0.2, 0.25) is 0 Å². The Hall–Kier alpha value is -3.06. The number of aliphatic carboxylic acids is 1. The molecular weight excluding hydrogens is 367 g/mol. The second-order valence-corrected chi connectivity index (χ2v) is 6.83. The molecule has 1 aromatic heterocycles. The molecule has 2 aromatic carbocycles. The van der Waals surface area contributed by atoms with Crippen molar-refractivity contribution in [1.82, 2.24) is 10.3 Å². The van der Waals surface area contributed by atoms with Crippen molar-refractivity contribution >= 4 is 23.2 Å². The molecule has 0 aliphatic carbocycles. The monoisotopic (exact) mass is 384 g/mol. The number of thiazole rings is 1. The average Bonchev–Trinajstić information content (AvgIpc) is 3.11. The number of amides is 1. The van der Waals surface area contributed by atoms with Gasteiger partial charge < -0.3 is 10.4 Å². The third kappa shape index (κ3) is 5.21. The standard InChI is InChI=1S/C20H17FN2O3S/c21-15-8-6-14(7-9-15)19-22-16(12-27-19)11-18(24)23-17(20(25)26)10-13-4-2-1-3-5-13/h1-9,12,17H,10-11H2,(H,23,24)(H,25,26)/t17-/m0/s1. The first-order valence-corrected chi connectivity index (χ1v) is 9.15. The van der Waals surface area contributed by atoms with Gasteiger partial charge >= 0.3 is 5.97 Å². The second-order valence-electron chi connectivity index (χ2n) is 5.98. The van der Waals surface area contributed by atoms with Crippen molar-refractivity contribution < 1.29 is 19.1 Å². The molecule has 0 aliphatic rings. The largest absolute Gasteiger partial charge is 0.480 e. The molecule has 138 valence electrons. The van der Waals surface area contributed by atoms with E-state index in [2.05, 4.69) is 10.3 Å². The van der Waals surface area contributed by atoms with Crippen LogP contribution in [0.4, 0.5) is 4.39 Å². The highest BCUT2D eigenvalue weighted by molar-refractivity contribution is 7.13. The van der Waals surface area contributed by atoms with Crippen LogP contribution in [0, 0.1) is 5.82 Å². The summed E-state index contributed by atoms with van der Waals surface area (Å²) >= 11 is 1.35. The van der Waals surface area contributed by atoms with Crippen LogP contribution in [0.5, 0.6) is 0 Å². The lowest BCUT2D eigenvalue weighted by Gasteiger charge is -2.14. The van der Waals surface area contributed by atoms with Gasteiger partial charge in [0.15, 0.2) is 0 Å². The Bertz CT molecular complexity index is 926. The number of carbonyl (C=O) groups is 2. The molecule has 0 bridgehead atoms. The zero-order valence-corrected chi connectivity index (χ0v) is 15.1. The molecule has 27 heavy (non-hydrogen) atoms. The van der Waals surface area contributed by atoms with Crippen LogP contribution in [-0.2, 0) is 22.4 Å².